The van der Waals surface area contributed by atoms with Gasteiger partial charge >= 0.3 is 12.7 Å². The summed E-state index contributed by atoms with van der Waals surface area (Å²) in [6.45, 7) is 1.99. The van der Waals surface area contributed by atoms with E-state index in [0.717, 1.165) is 0 Å². The summed E-state index contributed by atoms with van der Waals surface area (Å²) in [6.07, 6.45) is -4.19. The second kappa shape index (κ2) is 14.3. The molecule has 3 amide bonds. The smallest absolute Gasteiger partial charge is 0.379 e. The highest BCUT2D eigenvalue weighted by Crippen LogP contribution is 2.30. The fraction of sp³-hybridized carbons (Fsp3) is 0.826. The number of alkyl halides is 4. The minimum Gasteiger partial charge on any atom is -0.379 e. The summed E-state index contributed by atoms with van der Waals surface area (Å²) in [5.41, 5.74) is -1.17. The zero-order valence-electron chi connectivity index (χ0n) is 22.3. The van der Waals surface area contributed by atoms with Crippen LogP contribution < -0.4 is 16.0 Å². The van der Waals surface area contributed by atoms with E-state index in [-0.39, 0.29) is 25.5 Å². The molecule has 0 saturated carbocycles. The quantitative estimate of drug-likeness (QED) is 0.167. The molecule has 4 atom stereocenters. The summed E-state index contributed by atoms with van der Waals surface area (Å²) in [4.78, 5) is 52.8. The monoisotopic (exact) mass is 572 g/mol. The molecule has 0 unspecified atom stereocenters. The Morgan fingerprint density at radius 1 is 1.03 bits per heavy atom. The number of amides is 3. The molecule has 0 radical (unpaired) electrons. The Morgan fingerprint density at radius 2 is 1.64 bits per heavy atom. The van der Waals surface area contributed by atoms with Gasteiger partial charge in [-0.05, 0) is 19.3 Å². The zero-order valence-corrected chi connectivity index (χ0v) is 22.3. The Kier molecular flexibility index (Phi) is 12.0. The molecule has 16 heteroatoms. The van der Waals surface area contributed by atoms with E-state index in [2.05, 4.69) is 20.1 Å². The average molecular weight is 573 g/mol. The van der Waals surface area contributed by atoms with Gasteiger partial charge in [0.05, 0.1) is 39.0 Å². The van der Waals surface area contributed by atoms with Gasteiger partial charge in [0.25, 0.3) is 5.91 Å². The standard InChI is InChI=1S/C23H36F4N4O8/c1-13(2)9-14(18(33)22(3)12-39-22)29-20(35)17(23(26,27)36-4)30-19(34)15(11-38-21(24)25)28-16(32)10-31-5-7-37-8-6-31/h13-15,17,21H,5-12H2,1-4H3,(H,28,32)(H,29,35)(H,30,34)/t14-,15-,17-,22+/m0/s1. The van der Waals surface area contributed by atoms with Crippen molar-refractivity contribution in [1.29, 1.82) is 0 Å². The lowest BCUT2D eigenvalue weighted by atomic mass is 9.93. The highest BCUT2D eigenvalue weighted by atomic mass is 19.3. The first-order chi connectivity index (χ1) is 18.2. The summed E-state index contributed by atoms with van der Waals surface area (Å²) in [7, 11) is 0.587. The molecule has 0 aliphatic carbocycles. The van der Waals surface area contributed by atoms with Crippen molar-refractivity contribution < 1.29 is 55.7 Å². The van der Waals surface area contributed by atoms with Gasteiger partial charge in [0.2, 0.25) is 11.8 Å². The number of rotatable bonds is 16. The van der Waals surface area contributed by atoms with Gasteiger partial charge in [-0.3, -0.25) is 24.1 Å². The molecule has 0 bridgehead atoms. The van der Waals surface area contributed by atoms with Gasteiger partial charge < -0.3 is 34.9 Å². The molecule has 0 spiro atoms. The number of ether oxygens (including phenoxy) is 4. The van der Waals surface area contributed by atoms with Crippen LogP contribution in [0.2, 0.25) is 0 Å². The highest BCUT2D eigenvalue weighted by molar-refractivity contribution is 5.98. The maximum Gasteiger partial charge on any atom is 0.384 e. The van der Waals surface area contributed by atoms with E-state index in [4.69, 9.17) is 9.47 Å². The Labute approximate surface area is 223 Å². The van der Waals surface area contributed by atoms with Crippen LogP contribution in [-0.4, -0.2) is 118 Å². The van der Waals surface area contributed by atoms with E-state index >= 15 is 0 Å². The maximum absolute atomic E-state index is 14.7. The highest BCUT2D eigenvalue weighted by Gasteiger charge is 2.52. The van der Waals surface area contributed by atoms with Crippen LogP contribution in [0.1, 0.15) is 27.2 Å². The Hall–Kier alpha value is -2.40. The number of morpholine rings is 1. The van der Waals surface area contributed by atoms with Crippen molar-refractivity contribution in [2.45, 2.75) is 63.6 Å². The normalized spacial score (nSPS) is 22.2. The van der Waals surface area contributed by atoms with E-state index in [0.29, 0.717) is 33.4 Å². The number of hydrogen-bond donors (Lipinski definition) is 3. The summed E-state index contributed by atoms with van der Waals surface area (Å²) in [5, 5.41) is 6.14. The SMILES string of the molecule is COC(F)(F)[C@@H](NC(=O)[C@H](COC(F)F)NC(=O)CN1CCOCC1)C(=O)N[C@@H](CC(C)C)C(=O)[C@@]1(C)CO1. The molecule has 12 nitrogen and oxygen atoms in total. The molecule has 2 aliphatic heterocycles. The van der Waals surface area contributed by atoms with Crippen LogP contribution >= 0.6 is 0 Å². The third kappa shape index (κ3) is 10.3. The molecule has 2 saturated heterocycles. The molecular formula is C23H36F4N4O8. The van der Waals surface area contributed by atoms with Crippen molar-refractivity contribution in [2.75, 3.05) is 53.2 Å². The van der Waals surface area contributed by atoms with Crippen LogP contribution in [0.5, 0.6) is 0 Å². The second-order valence-electron chi connectivity index (χ2n) is 9.88. The van der Waals surface area contributed by atoms with Crippen LogP contribution in [-0.2, 0) is 38.1 Å². The number of hydrogen-bond acceptors (Lipinski definition) is 9. The molecule has 224 valence electrons. The third-order valence-electron chi connectivity index (χ3n) is 6.11. The van der Waals surface area contributed by atoms with Crippen molar-refractivity contribution in [3.63, 3.8) is 0 Å². The molecular weight excluding hydrogens is 536 g/mol. The lowest BCUT2D eigenvalue weighted by Gasteiger charge is -2.30. The number of nitrogens with zero attached hydrogens (tertiary/aromatic N) is 1. The molecule has 3 N–H and O–H groups in total. The van der Waals surface area contributed by atoms with Crippen LogP contribution in [0.25, 0.3) is 0 Å². The summed E-state index contributed by atoms with van der Waals surface area (Å²) < 4.78 is 73.3. The predicted octanol–water partition coefficient (Wildman–Crippen LogP) is -0.344. The van der Waals surface area contributed by atoms with Gasteiger partial charge in [-0.1, -0.05) is 13.8 Å². The van der Waals surface area contributed by atoms with Crippen molar-refractivity contribution >= 4 is 23.5 Å². The Morgan fingerprint density at radius 3 is 2.15 bits per heavy atom. The summed E-state index contributed by atoms with van der Waals surface area (Å²) in [5.74, 6) is -4.31. The number of halogens is 4. The molecule has 2 aliphatic rings. The Balaban J connectivity index is 2.18. The third-order valence-corrected chi connectivity index (χ3v) is 6.11. The molecule has 0 aromatic rings. The Bertz CT molecular complexity index is 869. The van der Waals surface area contributed by atoms with E-state index < -0.39 is 66.6 Å². The molecule has 2 fully saturated rings. The van der Waals surface area contributed by atoms with E-state index in [1.54, 1.807) is 24.1 Å². The zero-order chi connectivity index (χ0) is 29.4. The van der Waals surface area contributed by atoms with Crippen LogP contribution in [0.4, 0.5) is 17.6 Å². The van der Waals surface area contributed by atoms with Gasteiger partial charge in [-0.15, -0.1) is 0 Å². The number of ketones is 1. The first kappa shape index (κ1) is 32.8. The first-order valence-corrected chi connectivity index (χ1v) is 12.4. The van der Waals surface area contributed by atoms with Gasteiger partial charge in [0.15, 0.2) is 11.8 Å². The van der Waals surface area contributed by atoms with E-state index in [1.165, 1.54) is 6.92 Å². The van der Waals surface area contributed by atoms with Crippen LogP contribution in [0.15, 0.2) is 0 Å². The van der Waals surface area contributed by atoms with Crippen LogP contribution in [0, 0.1) is 5.92 Å². The first-order valence-electron chi connectivity index (χ1n) is 12.4. The molecule has 2 heterocycles. The number of carbonyl (C=O) groups excluding carboxylic acids is 4. The van der Waals surface area contributed by atoms with Gasteiger partial charge in [-0.2, -0.15) is 17.6 Å². The average Bonchev–Trinajstić information content (AvgIpc) is 3.62. The fourth-order valence-corrected chi connectivity index (χ4v) is 3.79. The number of Topliss-reactive ketones (excluding diaryl/α,β-unsaturated/α-hetero) is 1. The van der Waals surface area contributed by atoms with Gasteiger partial charge in [0.1, 0.15) is 11.6 Å². The van der Waals surface area contributed by atoms with Crippen molar-refractivity contribution in [1.82, 2.24) is 20.9 Å². The molecule has 0 aromatic carbocycles. The summed E-state index contributed by atoms with van der Waals surface area (Å²) >= 11 is 0. The topological polar surface area (TPSA) is 148 Å². The van der Waals surface area contributed by atoms with Crippen molar-refractivity contribution in [2.24, 2.45) is 5.92 Å². The lowest BCUT2D eigenvalue weighted by molar-refractivity contribution is -0.238. The van der Waals surface area contributed by atoms with Crippen molar-refractivity contribution in [3.8, 4) is 0 Å². The molecule has 0 aromatic heterocycles. The largest absolute Gasteiger partial charge is 0.384 e. The fourth-order valence-electron chi connectivity index (χ4n) is 3.79. The lowest BCUT2D eigenvalue weighted by Crippen LogP contribution is -2.63. The molecule has 2 rings (SSSR count). The second-order valence-corrected chi connectivity index (χ2v) is 9.88. The van der Waals surface area contributed by atoms with Gasteiger partial charge in [0, 0.05) is 20.2 Å². The number of methoxy groups -OCH3 is 1. The number of nitrogens with one attached hydrogen (secondary N) is 3. The number of carbonyl (C=O) groups is 4. The van der Waals surface area contributed by atoms with Crippen molar-refractivity contribution in [3.05, 3.63) is 0 Å². The van der Waals surface area contributed by atoms with Gasteiger partial charge in [-0.25, -0.2) is 0 Å². The maximum atomic E-state index is 14.7. The molecule has 39 heavy (non-hydrogen) atoms. The minimum absolute atomic E-state index is 0.0885. The van der Waals surface area contributed by atoms with E-state index in [1.807, 2.05) is 0 Å². The summed E-state index contributed by atoms with van der Waals surface area (Å²) in [6, 6.07) is -5.76. The minimum atomic E-state index is -4.28. The predicted molar refractivity (Wildman–Crippen MR) is 126 cm³/mol. The van der Waals surface area contributed by atoms with Crippen LogP contribution in [0.3, 0.4) is 0 Å². The number of epoxide rings is 1. The van der Waals surface area contributed by atoms with E-state index in [9.17, 15) is 36.7 Å².